The highest BCUT2D eigenvalue weighted by atomic mass is 16.4. The Kier molecular flexibility index (Phi) is 6.40. The van der Waals surface area contributed by atoms with Crippen molar-refractivity contribution in [2.45, 2.75) is 64.3 Å². The molecule has 2 rings (SSSR count). The maximum absolute atomic E-state index is 12.7. The third-order valence-electron chi connectivity index (χ3n) is 5.00. The van der Waals surface area contributed by atoms with Crippen molar-refractivity contribution in [3.63, 3.8) is 0 Å². The number of anilines is 1. The Morgan fingerprint density at radius 2 is 1.85 bits per heavy atom. The maximum Gasteiger partial charge on any atom is 0.313 e. The number of aliphatic carboxylic acids is 1. The van der Waals surface area contributed by atoms with E-state index < -0.39 is 17.4 Å². The zero-order chi connectivity index (χ0) is 19.3. The van der Waals surface area contributed by atoms with Crippen LogP contribution in [0.25, 0.3) is 0 Å². The Labute approximate surface area is 154 Å². The van der Waals surface area contributed by atoms with Gasteiger partial charge in [0.05, 0.1) is 5.41 Å². The number of carboxylic acids is 1. The van der Waals surface area contributed by atoms with Crippen LogP contribution in [0.3, 0.4) is 0 Å². The fraction of sp³-hybridized carbons (Fsp3) is 0.550. The van der Waals surface area contributed by atoms with Gasteiger partial charge in [0.15, 0.2) is 0 Å². The molecule has 2 N–H and O–H groups in total. The fourth-order valence-corrected chi connectivity index (χ4v) is 3.18. The van der Waals surface area contributed by atoms with E-state index in [2.05, 4.69) is 5.32 Å². The van der Waals surface area contributed by atoms with Gasteiger partial charge in [-0.3, -0.25) is 14.4 Å². The fourth-order valence-electron chi connectivity index (χ4n) is 3.18. The molecule has 2 amide bonds. The van der Waals surface area contributed by atoms with Crippen molar-refractivity contribution in [1.82, 2.24) is 4.90 Å². The van der Waals surface area contributed by atoms with Crippen molar-refractivity contribution >= 4 is 23.5 Å². The lowest BCUT2D eigenvalue weighted by atomic mass is 9.85. The molecule has 1 unspecified atom stereocenters. The van der Waals surface area contributed by atoms with Gasteiger partial charge in [0.1, 0.15) is 6.04 Å². The summed E-state index contributed by atoms with van der Waals surface area (Å²) in [5.41, 5.74) is 0.281. The topological polar surface area (TPSA) is 86.7 Å². The zero-order valence-electron chi connectivity index (χ0n) is 15.7. The summed E-state index contributed by atoms with van der Waals surface area (Å²) in [5.74, 6) is -1.05. The van der Waals surface area contributed by atoms with Gasteiger partial charge >= 0.3 is 5.97 Å². The highest BCUT2D eigenvalue weighted by Gasteiger charge is 2.32. The van der Waals surface area contributed by atoms with Gasteiger partial charge in [-0.05, 0) is 57.2 Å². The molecule has 0 radical (unpaired) electrons. The van der Waals surface area contributed by atoms with Crippen LogP contribution in [0.5, 0.6) is 0 Å². The molecule has 1 saturated heterocycles. The molecule has 0 saturated carbocycles. The summed E-state index contributed by atoms with van der Waals surface area (Å²) >= 11 is 0. The summed E-state index contributed by atoms with van der Waals surface area (Å²) in [7, 11) is 0. The first-order chi connectivity index (χ1) is 12.3. The largest absolute Gasteiger partial charge is 0.481 e. The molecule has 0 bridgehead atoms. The van der Waals surface area contributed by atoms with Crippen LogP contribution in [0.15, 0.2) is 24.3 Å². The van der Waals surface area contributed by atoms with E-state index in [4.69, 9.17) is 0 Å². The number of rotatable bonds is 6. The number of carboxylic acid groups (broad SMARTS) is 1. The van der Waals surface area contributed by atoms with E-state index in [0.717, 1.165) is 19.3 Å². The summed E-state index contributed by atoms with van der Waals surface area (Å²) in [6, 6.07) is 6.41. The maximum atomic E-state index is 12.7. The van der Waals surface area contributed by atoms with E-state index in [-0.39, 0.29) is 11.8 Å². The Balaban J connectivity index is 2.08. The van der Waals surface area contributed by atoms with Crippen LogP contribution in [0.4, 0.5) is 5.69 Å². The molecule has 6 heteroatoms. The van der Waals surface area contributed by atoms with Crippen molar-refractivity contribution in [2.24, 2.45) is 0 Å². The third kappa shape index (κ3) is 4.42. The van der Waals surface area contributed by atoms with Gasteiger partial charge in [0.2, 0.25) is 11.8 Å². The first-order valence-corrected chi connectivity index (χ1v) is 9.21. The Morgan fingerprint density at radius 1 is 1.19 bits per heavy atom. The second-order valence-corrected chi connectivity index (χ2v) is 7.35. The van der Waals surface area contributed by atoms with Gasteiger partial charge in [-0.2, -0.15) is 0 Å². The SMILES string of the molecule is CCCC(=O)N1CCCCC1C(=O)Nc1ccc(C(C)(C)C(=O)O)cc1. The number of likely N-dealkylation sites (tertiary alicyclic amines) is 1. The van der Waals surface area contributed by atoms with E-state index >= 15 is 0 Å². The van der Waals surface area contributed by atoms with E-state index in [1.165, 1.54) is 0 Å². The van der Waals surface area contributed by atoms with Crippen molar-refractivity contribution in [2.75, 3.05) is 11.9 Å². The predicted molar refractivity (Wildman–Crippen MR) is 100.0 cm³/mol. The number of carbonyl (C=O) groups excluding carboxylic acids is 2. The average Bonchev–Trinajstić information content (AvgIpc) is 2.62. The highest BCUT2D eigenvalue weighted by molar-refractivity contribution is 5.97. The van der Waals surface area contributed by atoms with Crippen LogP contribution < -0.4 is 5.32 Å². The summed E-state index contributed by atoms with van der Waals surface area (Å²) in [6.45, 7) is 5.87. The number of carbonyl (C=O) groups is 3. The molecule has 1 aliphatic rings. The quantitative estimate of drug-likeness (QED) is 0.816. The minimum atomic E-state index is -0.991. The van der Waals surface area contributed by atoms with Gasteiger partial charge in [-0.1, -0.05) is 19.1 Å². The molecule has 1 aliphatic heterocycles. The molecular formula is C20H28N2O4. The van der Waals surface area contributed by atoms with Gasteiger partial charge < -0.3 is 15.3 Å². The van der Waals surface area contributed by atoms with Crippen LogP contribution in [0.1, 0.15) is 58.4 Å². The smallest absolute Gasteiger partial charge is 0.313 e. The third-order valence-corrected chi connectivity index (χ3v) is 5.00. The van der Waals surface area contributed by atoms with Crippen molar-refractivity contribution in [3.8, 4) is 0 Å². The average molecular weight is 360 g/mol. The summed E-state index contributed by atoms with van der Waals surface area (Å²) in [4.78, 5) is 38.0. The normalized spacial score (nSPS) is 17.7. The number of benzene rings is 1. The molecule has 1 atom stereocenters. The number of nitrogens with one attached hydrogen (secondary N) is 1. The predicted octanol–water partition coefficient (Wildman–Crippen LogP) is 3.17. The molecule has 0 aromatic heterocycles. The second kappa shape index (κ2) is 8.34. The molecule has 142 valence electrons. The second-order valence-electron chi connectivity index (χ2n) is 7.35. The minimum absolute atomic E-state index is 0.0332. The standard InChI is InChI=1S/C20H28N2O4/c1-4-7-17(23)22-13-6-5-8-16(22)18(24)21-15-11-9-14(10-12-15)20(2,3)19(25)26/h9-12,16H,4-8,13H2,1-3H3,(H,21,24)(H,25,26). The van der Waals surface area contributed by atoms with Crippen LogP contribution in [0.2, 0.25) is 0 Å². The molecule has 1 aromatic rings. The lowest BCUT2D eigenvalue weighted by molar-refractivity contribution is -0.142. The number of hydrogen-bond acceptors (Lipinski definition) is 3. The van der Waals surface area contributed by atoms with Crippen molar-refractivity contribution in [1.29, 1.82) is 0 Å². The number of hydrogen-bond donors (Lipinski definition) is 2. The Bertz CT molecular complexity index is 667. The molecule has 1 aromatic carbocycles. The van der Waals surface area contributed by atoms with Gasteiger partial charge in [0, 0.05) is 18.7 Å². The summed E-state index contributed by atoms with van der Waals surface area (Å²) < 4.78 is 0. The van der Waals surface area contributed by atoms with Gasteiger partial charge in [0.25, 0.3) is 0 Å². The molecule has 1 fully saturated rings. The minimum Gasteiger partial charge on any atom is -0.481 e. The first-order valence-electron chi connectivity index (χ1n) is 9.21. The van der Waals surface area contributed by atoms with Crippen LogP contribution in [0, 0.1) is 0 Å². The highest BCUT2D eigenvalue weighted by Crippen LogP contribution is 2.25. The molecule has 0 aliphatic carbocycles. The van der Waals surface area contributed by atoms with Crippen LogP contribution in [-0.4, -0.2) is 40.4 Å². The molecule has 1 heterocycles. The summed E-state index contributed by atoms with van der Waals surface area (Å²) in [5, 5.41) is 12.2. The lowest BCUT2D eigenvalue weighted by Crippen LogP contribution is -2.49. The van der Waals surface area contributed by atoms with E-state index in [9.17, 15) is 19.5 Å². The molecule has 0 spiro atoms. The first kappa shape index (κ1) is 19.9. The van der Waals surface area contributed by atoms with E-state index in [1.807, 2.05) is 6.92 Å². The Hall–Kier alpha value is -2.37. The molecule has 26 heavy (non-hydrogen) atoms. The number of amides is 2. The number of piperidine rings is 1. The van der Waals surface area contributed by atoms with E-state index in [1.54, 1.807) is 43.0 Å². The van der Waals surface area contributed by atoms with Crippen LogP contribution in [-0.2, 0) is 19.8 Å². The monoisotopic (exact) mass is 360 g/mol. The van der Waals surface area contributed by atoms with Gasteiger partial charge in [-0.15, -0.1) is 0 Å². The molecule has 6 nitrogen and oxygen atoms in total. The van der Waals surface area contributed by atoms with Crippen molar-refractivity contribution in [3.05, 3.63) is 29.8 Å². The molecular weight excluding hydrogens is 332 g/mol. The number of nitrogens with zero attached hydrogens (tertiary/aromatic N) is 1. The zero-order valence-corrected chi connectivity index (χ0v) is 15.7. The summed E-state index contributed by atoms with van der Waals surface area (Å²) in [6.07, 6.45) is 3.76. The van der Waals surface area contributed by atoms with Crippen LogP contribution >= 0.6 is 0 Å². The van der Waals surface area contributed by atoms with Gasteiger partial charge in [-0.25, -0.2) is 0 Å². The Morgan fingerprint density at radius 3 is 2.42 bits per heavy atom. The van der Waals surface area contributed by atoms with Crippen molar-refractivity contribution < 1.29 is 19.5 Å². The van der Waals surface area contributed by atoms with E-state index in [0.29, 0.717) is 30.6 Å². The lowest BCUT2D eigenvalue weighted by Gasteiger charge is -2.34.